The molecule has 2 amide bonds. The molecule has 3 aromatic rings. The predicted molar refractivity (Wildman–Crippen MR) is 110 cm³/mol. The Bertz CT molecular complexity index is 958. The fourth-order valence-electron chi connectivity index (χ4n) is 3.15. The number of nitrogens with one attached hydrogen (secondary N) is 2. The van der Waals surface area contributed by atoms with E-state index >= 15 is 0 Å². The lowest BCUT2D eigenvalue weighted by molar-refractivity contribution is 0.244. The minimum atomic E-state index is -0.210. The van der Waals surface area contributed by atoms with Gasteiger partial charge in [-0.3, -0.25) is 10.3 Å². The van der Waals surface area contributed by atoms with E-state index in [1.807, 2.05) is 24.3 Å². The van der Waals surface area contributed by atoms with Crippen LogP contribution in [0.25, 0.3) is 10.9 Å². The zero-order chi connectivity index (χ0) is 18.6. The molecule has 2 N–H and O–H groups in total. The van der Waals surface area contributed by atoms with Gasteiger partial charge in [0.1, 0.15) is 0 Å². The average Bonchev–Trinajstić information content (AvgIpc) is 3.09. The average molecular weight is 420 g/mol. The highest BCUT2D eigenvalue weighted by Gasteiger charge is 2.17. The molecule has 1 aliphatic carbocycles. The third kappa shape index (κ3) is 4.69. The molecule has 2 heterocycles. The van der Waals surface area contributed by atoms with Crippen molar-refractivity contribution in [2.45, 2.75) is 47.4 Å². The van der Waals surface area contributed by atoms with E-state index in [1.54, 1.807) is 6.20 Å². The molecule has 27 heavy (non-hydrogen) atoms. The fourth-order valence-corrected chi connectivity index (χ4v) is 5.14. The lowest BCUT2D eigenvalue weighted by Gasteiger charge is -2.22. The Balaban J connectivity index is 1.41. The highest BCUT2D eigenvalue weighted by molar-refractivity contribution is 8.01. The molecular weight excluding hydrogens is 402 g/mol. The number of amides is 2. The highest BCUT2D eigenvalue weighted by atomic mass is 35.5. The van der Waals surface area contributed by atoms with E-state index in [2.05, 4.69) is 25.8 Å². The molecule has 0 atom stereocenters. The molecule has 9 heteroatoms. The van der Waals surface area contributed by atoms with Gasteiger partial charge in [-0.05, 0) is 31.0 Å². The standard InChI is InChI=1S/C18H18ClN5OS2/c19-11-6-7-13-14(10-11)20-9-8-15(13)26-18-24-23-17(27-18)22-16(25)21-12-4-2-1-3-5-12/h6-10,12H,1-5H2,(H2,21,22,23,25). The summed E-state index contributed by atoms with van der Waals surface area (Å²) in [6, 6.07) is 7.62. The molecule has 0 bridgehead atoms. The SMILES string of the molecule is O=C(Nc1nnc(Sc2ccnc3cc(Cl)ccc23)s1)NC1CCCCC1. The number of urea groups is 1. The van der Waals surface area contributed by atoms with E-state index in [9.17, 15) is 4.79 Å². The van der Waals surface area contributed by atoms with E-state index in [1.165, 1.54) is 42.4 Å². The van der Waals surface area contributed by atoms with Crippen molar-refractivity contribution < 1.29 is 4.79 Å². The van der Waals surface area contributed by atoms with Gasteiger partial charge in [0.05, 0.1) is 5.52 Å². The van der Waals surface area contributed by atoms with Gasteiger partial charge in [-0.25, -0.2) is 4.79 Å². The van der Waals surface area contributed by atoms with E-state index in [-0.39, 0.29) is 12.1 Å². The van der Waals surface area contributed by atoms with Crippen molar-refractivity contribution in [3.05, 3.63) is 35.5 Å². The van der Waals surface area contributed by atoms with Crippen molar-refractivity contribution in [3.8, 4) is 0 Å². The molecule has 0 aliphatic heterocycles. The number of carbonyl (C=O) groups is 1. The molecule has 1 aliphatic rings. The van der Waals surface area contributed by atoms with Gasteiger partial charge in [0.2, 0.25) is 5.13 Å². The number of hydrogen-bond donors (Lipinski definition) is 2. The molecular formula is C18H18ClN5OS2. The normalized spacial score (nSPS) is 15.0. The van der Waals surface area contributed by atoms with Crippen LogP contribution in [0.15, 0.2) is 39.7 Å². The first-order chi connectivity index (χ1) is 13.2. The van der Waals surface area contributed by atoms with Crippen molar-refractivity contribution in [2.24, 2.45) is 0 Å². The zero-order valence-electron chi connectivity index (χ0n) is 14.4. The van der Waals surface area contributed by atoms with Crippen LogP contribution in [0.4, 0.5) is 9.93 Å². The van der Waals surface area contributed by atoms with Crippen molar-refractivity contribution >= 4 is 56.8 Å². The summed E-state index contributed by atoms with van der Waals surface area (Å²) in [7, 11) is 0. The summed E-state index contributed by atoms with van der Waals surface area (Å²) in [6.45, 7) is 0. The molecule has 140 valence electrons. The Kier molecular flexibility index (Phi) is 5.75. The van der Waals surface area contributed by atoms with Gasteiger partial charge in [0.25, 0.3) is 0 Å². The summed E-state index contributed by atoms with van der Waals surface area (Å²) in [5, 5.41) is 16.2. The van der Waals surface area contributed by atoms with Gasteiger partial charge >= 0.3 is 6.03 Å². The Labute approximate surface area is 170 Å². The number of hydrogen-bond acceptors (Lipinski definition) is 6. The van der Waals surface area contributed by atoms with Crippen molar-refractivity contribution in [2.75, 3.05) is 5.32 Å². The van der Waals surface area contributed by atoms with Gasteiger partial charge in [0.15, 0.2) is 4.34 Å². The van der Waals surface area contributed by atoms with Crippen LogP contribution < -0.4 is 10.6 Å². The number of aromatic nitrogens is 3. The quantitative estimate of drug-likeness (QED) is 0.557. The largest absolute Gasteiger partial charge is 0.335 e. The Morgan fingerprint density at radius 2 is 2.04 bits per heavy atom. The topological polar surface area (TPSA) is 79.8 Å². The summed E-state index contributed by atoms with van der Waals surface area (Å²) in [4.78, 5) is 17.5. The summed E-state index contributed by atoms with van der Waals surface area (Å²) in [5.74, 6) is 0. The van der Waals surface area contributed by atoms with Crippen LogP contribution in [0.5, 0.6) is 0 Å². The summed E-state index contributed by atoms with van der Waals surface area (Å²) < 4.78 is 0.755. The zero-order valence-corrected chi connectivity index (χ0v) is 16.8. The number of anilines is 1. The van der Waals surface area contributed by atoms with Crippen LogP contribution in [0.1, 0.15) is 32.1 Å². The van der Waals surface area contributed by atoms with Gasteiger partial charge in [-0.1, -0.05) is 60.0 Å². The van der Waals surface area contributed by atoms with Gasteiger partial charge in [0, 0.05) is 27.5 Å². The number of rotatable bonds is 4. The minimum absolute atomic E-state index is 0.210. The van der Waals surface area contributed by atoms with Crippen LogP contribution in [0.3, 0.4) is 0 Å². The van der Waals surface area contributed by atoms with E-state index < -0.39 is 0 Å². The Morgan fingerprint density at radius 3 is 2.89 bits per heavy atom. The number of carbonyl (C=O) groups excluding carboxylic acids is 1. The first-order valence-corrected chi connectivity index (χ1v) is 10.8. The maximum Gasteiger partial charge on any atom is 0.321 e. The van der Waals surface area contributed by atoms with Crippen LogP contribution in [-0.4, -0.2) is 27.3 Å². The molecule has 0 spiro atoms. The fraction of sp³-hybridized carbons (Fsp3) is 0.333. The minimum Gasteiger partial charge on any atom is -0.335 e. The highest BCUT2D eigenvalue weighted by Crippen LogP contribution is 2.36. The number of pyridine rings is 1. The van der Waals surface area contributed by atoms with E-state index in [4.69, 9.17) is 11.6 Å². The molecule has 1 aromatic carbocycles. The van der Waals surface area contributed by atoms with Crippen LogP contribution in [0.2, 0.25) is 5.02 Å². The number of benzene rings is 1. The van der Waals surface area contributed by atoms with Gasteiger partial charge < -0.3 is 5.32 Å². The van der Waals surface area contributed by atoms with Crippen molar-refractivity contribution in [1.29, 1.82) is 0 Å². The lowest BCUT2D eigenvalue weighted by Crippen LogP contribution is -2.38. The number of halogens is 1. The summed E-state index contributed by atoms with van der Waals surface area (Å²) in [6.07, 6.45) is 7.45. The third-order valence-corrected chi connectivity index (χ3v) is 6.63. The van der Waals surface area contributed by atoms with Crippen molar-refractivity contribution in [1.82, 2.24) is 20.5 Å². The van der Waals surface area contributed by atoms with Crippen LogP contribution >= 0.6 is 34.7 Å². The second kappa shape index (κ2) is 8.41. The molecule has 1 fully saturated rings. The predicted octanol–water partition coefficient (Wildman–Crippen LogP) is 5.35. The molecule has 6 nitrogen and oxygen atoms in total. The molecule has 1 saturated carbocycles. The van der Waals surface area contributed by atoms with Crippen molar-refractivity contribution in [3.63, 3.8) is 0 Å². The second-order valence-corrected chi connectivity index (χ2v) is 9.08. The molecule has 2 aromatic heterocycles. The monoisotopic (exact) mass is 419 g/mol. The first kappa shape index (κ1) is 18.5. The van der Waals surface area contributed by atoms with Crippen LogP contribution in [-0.2, 0) is 0 Å². The first-order valence-electron chi connectivity index (χ1n) is 8.80. The van der Waals surface area contributed by atoms with Crippen LogP contribution in [0, 0.1) is 0 Å². The van der Waals surface area contributed by atoms with Gasteiger partial charge in [-0.15, -0.1) is 10.2 Å². The maximum atomic E-state index is 12.1. The Morgan fingerprint density at radius 1 is 1.19 bits per heavy atom. The maximum absolute atomic E-state index is 12.1. The molecule has 0 unspecified atom stereocenters. The smallest absolute Gasteiger partial charge is 0.321 e. The molecule has 4 rings (SSSR count). The number of nitrogens with zero attached hydrogens (tertiary/aromatic N) is 3. The van der Waals surface area contributed by atoms with E-state index in [0.29, 0.717) is 10.2 Å². The molecule has 0 saturated heterocycles. The summed E-state index contributed by atoms with van der Waals surface area (Å²) in [5.41, 5.74) is 0.835. The molecule has 0 radical (unpaired) electrons. The van der Waals surface area contributed by atoms with E-state index in [0.717, 1.165) is 33.0 Å². The lowest BCUT2D eigenvalue weighted by atomic mass is 9.96. The second-order valence-electron chi connectivity index (χ2n) is 6.38. The van der Waals surface area contributed by atoms with Gasteiger partial charge in [-0.2, -0.15) is 0 Å². The summed E-state index contributed by atoms with van der Waals surface area (Å²) >= 11 is 8.89. The number of fused-ring (bicyclic) bond motifs is 1. The third-order valence-electron chi connectivity index (χ3n) is 4.43. The Hall–Kier alpha value is -1.90.